The summed E-state index contributed by atoms with van der Waals surface area (Å²) in [7, 11) is 0. The zero-order chi connectivity index (χ0) is 15.0. The highest BCUT2D eigenvalue weighted by Gasteiger charge is 2.46. The van der Waals surface area contributed by atoms with E-state index in [1.54, 1.807) is 4.90 Å². The Hall–Kier alpha value is -0.810. The quantitative estimate of drug-likeness (QED) is 0.802. The molecule has 0 aromatic carbocycles. The lowest BCUT2D eigenvalue weighted by Crippen LogP contribution is -2.54. The van der Waals surface area contributed by atoms with Crippen LogP contribution in [0.2, 0.25) is 0 Å². The van der Waals surface area contributed by atoms with E-state index < -0.39 is 11.2 Å². The lowest BCUT2D eigenvalue weighted by molar-refractivity contribution is -0.122. The number of ether oxygens (including phenoxy) is 2. The van der Waals surface area contributed by atoms with Gasteiger partial charge in [0.25, 0.3) is 0 Å². The van der Waals surface area contributed by atoms with Crippen LogP contribution in [0.3, 0.4) is 0 Å². The molecule has 20 heavy (non-hydrogen) atoms. The van der Waals surface area contributed by atoms with E-state index in [4.69, 9.17) is 9.47 Å². The van der Waals surface area contributed by atoms with Gasteiger partial charge in [-0.25, -0.2) is 4.79 Å². The van der Waals surface area contributed by atoms with Crippen LogP contribution in [-0.2, 0) is 9.47 Å². The Morgan fingerprint density at radius 3 is 2.75 bits per heavy atom. The third-order valence-electron chi connectivity index (χ3n) is 4.24. The molecule has 2 heterocycles. The van der Waals surface area contributed by atoms with Crippen LogP contribution in [0.15, 0.2) is 0 Å². The zero-order valence-electron chi connectivity index (χ0n) is 13.0. The van der Waals surface area contributed by atoms with Crippen molar-refractivity contribution >= 4 is 6.09 Å². The first-order valence-electron chi connectivity index (χ1n) is 7.50. The van der Waals surface area contributed by atoms with Gasteiger partial charge in [-0.2, -0.15) is 0 Å². The molecule has 1 N–H and O–H groups in total. The molecule has 0 aliphatic carbocycles. The molecular weight excluding hydrogens is 258 g/mol. The number of nitrogens with zero attached hydrogens (tertiary/aromatic N) is 1. The molecule has 2 aliphatic heterocycles. The summed E-state index contributed by atoms with van der Waals surface area (Å²) in [5.74, 6) is -0.0359. The van der Waals surface area contributed by atoms with Crippen molar-refractivity contribution in [2.45, 2.75) is 64.2 Å². The van der Waals surface area contributed by atoms with Crippen molar-refractivity contribution in [3.63, 3.8) is 0 Å². The van der Waals surface area contributed by atoms with Crippen LogP contribution < -0.4 is 0 Å². The number of carbonyl (C=O) groups is 1. The van der Waals surface area contributed by atoms with Crippen LogP contribution in [0.4, 0.5) is 4.79 Å². The van der Waals surface area contributed by atoms with Gasteiger partial charge in [-0.1, -0.05) is 0 Å². The Labute approximate surface area is 121 Å². The molecule has 2 saturated heterocycles. The molecule has 0 saturated carbocycles. The van der Waals surface area contributed by atoms with E-state index >= 15 is 0 Å². The van der Waals surface area contributed by atoms with Crippen LogP contribution in [-0.4, -0.2) is 53.1 Å². The predicted octanol–water partition coefficient (Wildman–Crippen LogP) is 2.17. The fourth-order valence-corrected chi connectivity index (χ4v) is 3.14. The first-order chi connectivity index (χ1) is 9.21. The maximum atomic E-state index is 12.3. The van der Waals surface area contributed by atoms with Crippen LogP contribution in [0.25, 0.3) is 0 Å². The molecule has 2 rings (SSSR count). The molecule has 0 radical (unpaired) electrons. The van der Waals surface area contributed by atoms with Gasteiger partial charge in [0.1, 0.15) is 5.60 Å². The smallest absolute Gasteiger partial charge is 0.410 e. The van der Waals surface area contributed by atoms with Crippen LogP contribution in [0.1, 0.15) is 47.0 Å². The van der Waals surface area contributed by atoms with E-state index in [1.807, 2.05) is 27.7 Å². The second-order valence-electron chi connectivity index (χ2n) is 7.17. The monoisotopic (exact) mass is 285 g/mol. The molecule has 0 bridgehead atoms. The van der Waals surface area contributed by atoms with E-state index in [-0.39, 0.29) is 18.1 Å². The van der Waals surface area contributed by atoms with Crippen molar-refractivity contribution < 1.29 is 19.4 Å². The summed E-state index contributed by atoms with van der Waals surface area (Å²) >= 11 is 0. The molecule has 0 spiro atoms. The van der Waals surface area contributed by atoms with E-state index in [0.29, 0.717) is 26.2 Å². The Morgan fingerprint density at radius 2 is 2.15 bits per heavy atom. The number of amides is 1. The van der Waals surface area contributed by atoms with Gasteiger partial charge < -0.3 is 19.5 Å². The van der Waals surface area contributed by atoms with Gasteiger partial charge in [-0.15, -0.1) is 0 Å². The van der Waals surface area contributed by atoms with E-state index in [1.165, 1.54) is 0 Å². The fraction of sp³-hybridized carbons (Fsp3) is 0.933. The Kier molecular flexibility index (Phi) is 4.30. The van der Waals surface area contributed by atoms with Crippen LogP contribution in [0, 0.1) is 5.92 Å². The number of carbonyl (C=O) groups excluding carboxylic acids is 1. The number of likely N-dealkylation sites (tertiary alicyclic amines) is 1. The average molecular weight is 285 g/mol. The molecule has 5 heteroatoms. The highest BCUT2D eigenvalue weighted by Crippen LogP contribution is 2.36. The summed E-state index contributed by atoms with van der Waals surface area (Å²) in [5.41, 5.74) is -1.26. The third-order valence-corrected chi connectivity index (χ3v) is 4.24. The Bertz CT molecular complexity index is 361. The maximum Gasteiger partial charge on any atom is 0.410 e. The van der Waals surface area contributed by atoms with E-state index in [9.17, 15) is 9.90 Å². The molecule has 0 aromatic heterocycles. The molecule has 3 atom stereocenters. The van der Waals surface area contributed by atoms with Gasteiger partial charge >= 0.3 is 6.09 Å². The van der Waals surface area contributed by atoms with Gasteiger partial charge in [0.05, 0.1) is 12.2 Å². The minimum absolute atomic E-state index is 0.0140. The summed E-state index contributed by atoms with van der Waals surface area (Å²) in [6, 6.07) is 0.0140. The average Bonchev–Trinajstić information content (AvgIpc) is 2.74. The lowest BCUT2D eigenvalue weighted by Gasteiger charge is -2.43. The largest absolute Gasteiger partial charge is 0.444 e. The van der Waals surface area contributed by atoms with E-state index in [0.717, 1.165) is 12.8 Å². The summed E-state index contributed by atoms with van der Waals surface area (Å²) in [5, 5.41) is 10.6. The van der Waals surface area contributed by atoms with Crippen molar-refractivity contribution in [1.82, 2.24) is 4.90 Å². The van der Waals surface area contributed by atoms with Crippen molar-refractivity contribution in [2.24, 2.45) is 5.92 Å². The SMILES string of the molecule is CC(C)(C)OC(=O)N1CCCC1C1COCCC1(C)O. The minimum atomic E-state index is -0.770. The summed E-state index contributed by atoms with van der Waals surface area (Å²) in [4.78, 5) is 14.1. The molecule has 2 fully saturated rings. The molecule has 116 valence electrons. The Morgan fingerprint density at radius 1 is 1.45 bits per heavy atom. The number of hydrogen-bond donors (Lipinski definition) is 1. The molecule has 1 amide bonds. The maximum absolute atomic E-state index is 12.3. The Balaban J connectivity index is 2.08. The van der Waals surface area contributed by atoms with Gasteiger partial charge in [0.2, 0.25) is 0 Å². The molecule has 5 nitrogen and oxygen atoms in total. The molecule has 0 aromatic rings. The van der Waals surface area contributed by atoms with Gasteiger partial charge in [-0.05, 0) is 47.0 Å². The van der Waals surface area contributed by atoms with Crippen molar-refractivity contribution in [3.05, 3.63) is 0 Å². The topological polar surface area (TPSA) is 59.0 Å². The molecule has 3 unspecified atom stereocenters. The second kappa shape index (κ2) is 5.53. The van der Waals surface area contributed by atoms with Crippen LogP contribution >= 0.6 is 0 Å². The zero-order valence-corrected chi connectivity index (χ0v) is 13.0. The second-order valence-corrected chi connectivity index (χ2v) is 7.17. The molecule has 2 aliphatic rings. The van der Waals surface area contributed by atoms with Gasteiger partial charge in [0.15, 0.2) is 0 Å². The van der Waals surface area contributed by atoms with Gasteiger partial charge in [-0.3, -0.25) is 0 Å². The number of aliphatic hydroxyl groups is 1. The third kappa shape index (κ3) is 3.44. The first kappa shape index (κ1) is 15.6. The highest BCUT2D eigenvalue weighted by molar-refractivity contribution is 5.69. The van der Waals surface area contributed by atoms with E-state index in [2.05, 4.69) is 0 Å². The standard InChI is InChI=1S/C15H27NO4/c1-14(2,3)20-13(17)16-8-5-6-12(16)11-10-19-9-7-15(11,4)18/h11-12,18H,5-10H2,1-4H3. The normalized spacial score (nSPS) is 35.1. The summed E-state index contributed by atoms with van der Waals surface area (Å²) in [6.45, 7) is 9.26. The lowest BCUT2D eigenvalue weighted by atomic mass is 9.79. The predicted molar refractivity (Wildman–Crippen MR) is 75.5 cm³/mol. The van der Waals surface area contributed by atoms with Crippen molar-refractivity contribution in [2.75, 3.05) is 19.8 Å². The fourth-order valence-electron chi connectivity index (χ4n) is 3.14. The van der Waals surface area contributed by atoms with Crippen LogP contribution in [0.5, 0.6) is 0 Å². The summed E-state index contributed by atoms with van der Waals surface area (Å²) < 4.78 is 11.0. The summed E-state index contributed by atoms with van der Waals surface area (Å²) in [6.07, 6.45) is 2.21. The van der Waals surface area contributed by atoms with Gasteiger partial charge in [0, 0.05) is 25.1 Å². The highest BCUT2D eigenvalue weighted by atomic mass is 16.6. The molecular formula is C15H27NO4. The van der Waals surface area contributed by atoms with Crippen molar-refractivity contribution in [1.29, 1.82) is 0 Å². The van der Waals surface area contributed by atoms with Crippen molar-refractivity contribution in [3.8, 4) is 0 Å². The first-order valence-corrected chi connectivity index (χ1v) is 7.50. The number of hydrogen-bond acceptors (Lipinski definition) is 4. The number of rotatable bonds is 1. The minimum Gasteiger partial charge on any atom is -0.444 e.